The molecule has 1 aromatic heterocycles. The van der Waals surface area contributed by atoms with Gasteiger partial charge in [0.05, 0.1) is 17.5 Å². The molecule has 0 spiro atoms. The van der Waals surface area contributed by atoms with Crippen LogP contribution >= 0.6 is 23.2 Å². The fourth-order valence-electron chi connectivity index (χ4n) is 3.95. The van der Waals surface area contributed by atoms with Crippen LogP contribution in [-0.4, -0.2) is 21.5 Å². The molecule has 4 aromatic rings. The summed E-state index contributed by atoms with van der Waals surface area (Å²) < 4.78 is 7.46. The van der Waals surface area contributed by atoms with Crippen molar-refractivity contribution in [3.05, 3.63) is 94.1 Å². The second-order valence-corrected chi connectivity index (χ2v) is 8.65. The molecule has 35 heavy (non-hydrogen) atoms. The summed E-state index contributed by atoms with van der Waals surface area (Å²) in [6, 6.07) is 22.7. The standard InChI is InChI=1S/C26H16Cl2N4O3/c27-15-5-3-7-17(11-15)30-26(34)20(13-29)25(33)23-21-14-35-22-10-2-1-9-19(22)24(21)32(31-23)18-8-4-6-16(28)12-18/h1-12,20H,14H2,(H,30,34). The topological polar surface area (TPSA) is 97.0 Å². The van der Waals surface area contributed by atoms with E-state index < -0.39 is 17.6 Å². The molecular weight excluding hydrogens is 487 g/mol. The Morgan fingerprint density at radius 3 is 2.51 bits per heavy atom. The van der Waals surface area contributed by atoms with E-state index in [2.05, 4.69) is 10.4 Å². The fraction of sp³-hybridized carbons (Fsp3) is 0.0769. The second-order valence-electron chi connectivity index (χ2n) is 7.78. The number of Topliss-reactive ketones (excluding diaryl/α,β-unsaturated/α-hetero) is 1. The molecule has 1 atom stereocenters. The predicted octanol–water partition coefficient (Wildman–Crippen LogP) is 5.70. The first-order chi connectivity index (χ1) is 17.0. The lowest BCUT2D eigenvalue weighted by Gasteiger charge is -2.19. The van der Waals surface area contributed by atoms with E-state index in [9.17, 15) is 14.9 Å². The van der Waals surface area contributed by atoms with Gasteiger partial charge in [-0.3, -0.25) is 9.59 Å². The van der Waals surface area contributed by atoms with Gasteiger partial charge >= 0.3 is 0 Å². The minimum Gasteiger partial charge on any atom is -0.488 e. The van der Waals surface area contributed by atoms with E-state index in [4.69, 9.17) is 27.9 Å². The zero-order chi connectivity index (χ0) is 24.5. The van der Waals surface area contributed by atoms with E-state index in [1.54, 1.807) is 47.1 Å². The smallest absolute Gasteiger partial charge is 0.249 e. The average molecular weight is 503 g/mol. The quantitative estimate of drug-likeness (QED) is 0.278. The molecule has 1 N–H and O–H groups in total. The van der Waals surface area contributed by atoms with Crippen molar-refractivity contribution in [2.75, 3.05) is 5.32 Å². The lowest BCUT2D eigenvalue weighted by Crippen LogP contribution is -2.29. The zero-order valence-corrected chi connectivity index (χ0v) is 19.5. The molecule has 7 nitrogen and oxygen atoms in total. The minimum absolute atomic E-state index is 0.0118. The molecule has 3 aromatic carbocycles. The van der Waals surface area contributed by atoms with Crippen LogP contribution in [-0.2, 0) is 11.4 Å². The van der Waals surface area contributed by atoms with Gasteiger partial charge < -0.3 is 10.1 Å². The van der Waals surface area contributed by atoms with E-state index >= 15 is 0 Å². The van der Waals surface area contributed by atoms with Crippen molar-refractivity contribution in [3.63, 3.8) is 0 Å². The number of fused-ring (bicyclic) bond motifs is 3. The molecule has 1 aliphatic heterocycles. The first kappa shape index (κ1) is 22.7. The maximum atomic E-state index is 13.5. The summed E-state index contributed by atoms with van der Waals surface area (Å²) in [7, 11) is 0. The number of halogens is 2. The highest BCUT2D eigenvalue weighted by Gasteiger charge is 2.36. The van der Waals surface area contributed by atoms with Crippen molar-refractivity contribution in [1.29, 1.82) is 5.26 Å². The SMILES string of the molecule is N#CC(C(=O)Nc1cccc(Cl)c1)C(=O)c1nn(-c2cccc(Cl)c2)c2c1COc1ccccc1-2. The maximum absolute atomic E-state index is 13.5. The third-order valence-electron chi connectivity index (χ3n) is 5.53. The molecule has 0 radical (unpaired) electrons. The Kier molecular flexibility index (Phi) is 6.00. The van der Waals surface area contributed by atoms with E-state index in [1.165, 1.54) is 6.07 Å². The first-order valence-electron chi connectivity index (χ1n) is 10.6. The molecule has 0 bridgehead atoms. The fourth-order valence-corrected chi connectivity index (χ4v) is 4.32. The number of anilines is 1. The zero-order valence-electron chi connectivity index (χ0n) is 18.0. The lowest BCUT2D eigenvalue weighted by atomic mass is 9.96. The van der Waals surface area contributed by atoms with Gasteiger partial charge in [0.2, 0.25) is 11.7 Å². The van der Waals surface area contributed by atoms with Crippen LogP contribution in [0, 0.1) is 17.2 Å². The number of ketones is 1. The van der Waals surface area contributed by atoms with Crippen molar-refractivity contribution in [2.24, 2.45) is 5.92 Å². The number of carbonyl (C=O) groups is 2. The normalized spacial score (nSPS) is 12.5. The van der Waals surface area contributed by atoms with Crippen LogP contribution in [0.2, 0.25) is 10.0 Å². The highest BCUT2D eigenvalue weighted by molar-refractivity contribution is 6.31. The molecule has 9 heteroatoms. The van der Waals surface area contributed by atoms with Gasteiger partial charge in [0.1, 0.15) is 18.1 Å². The number of nitrogens with zero attached hydrogens (tertiary/aromatic N) is 3. The van der Waals surface area contributed by atoms with Gasteiger partial charge in [-0.2, -0.15) is 10.4 Å². The maximum Gasteiger partial charge on any atom is 0.249 e. The largest absolute Gasteiger partial charge is 0.488 e. The number of nitriles is 1. The molecule has 5 rings (SSSR count). The van der Waals surface area contributed by atoms with Crippen molar-refractivity contribution < 1.29 is 14.3 Å². The van der Waals surface area contributed by atoms with Crippen molar-refractivity contribution in [2.45, 2.75) is 6.61 Å². The van der Waals surface area contributed by atoms with Crippen LogP contribution in [0.15, 0.2) is 72.8 Å². The van der Waals surface area contributed by atoms with Crippen LogP contribution in [0.4, 0.5) is 5.69 Å². The second kappa shape index (κ2) is 9.26. The molecular formula is C26H16Cl2N4O3. The van der Waals surface area contributed by atoms with Gasteiger partial charge in [0, 0.05) is 26.9 Å². The summed E-state index contributed by atoms with van der Waals surface area (Å²) in [5.74, 6) is -2.49. The predicted molar refractivity (Wildman–Crippen MR) is 132 cm³/mol. The van der Waals surface area contributed by atoms with Gasteiger partial charge in [-0.05, 0) is 48.5 Å². The number of benzene rings is 3. The number of carbonyl (C=O) groups excluding carboxylic acids is 2. The Hall–Kier alpha value is -4.12. The summed E-state index contributed by atoms with van der Waals surface area (Å²) in [6.07, 6.45) is 0. The van der Waals surface area contributed by atoms with Crippen LogP contribution in [0.1, 0.15) is 16.1 Å². The van der Waals surface area contributed by atoms with Crippen LogP contribution in [0.3, 0.4) is 0 Å². The molecule has 0 saturated heterocycles. The Balaban J connectivity index is 1.59. The van der Waals surface area contributed by atoms with Gasteiger partial charge in [0.15, 0.2) is 5.92 Å². The van der Waals surface area contributed by atoms with Crippen LogP contribution in [0.5, 0.6) is 5.75 Å². The van der Waals surface area contributed by atoms with Gasteiger partial charge in [-0.25, -0.2) is 4.68 Å². The number of para-hydroxylation sites is 1. The molecule has 0 aliphatic carbocycles. The third kappa shape index (κ3) is 4.26. The van der Waals surface area contributed by atoms with Crippen molar-refractivity contribution >= 4 is 40.6 Å². The molecule has 1 unspecified atom stereocenters. The van der Waals surface area contributed by atoms with Gasteiger partial charge in [0.25, 0.3) is 0 Å². The molecule has 1 amide bonds. The number of aromatic nitrogens is 2. The Morgan fingerprint density at radius 2 is 1.77 bits per heavy atom. The number of ether oxygens (including phenoxy) is 1. The van der Waals surface area contributed by atoms with Gasteiger partial charge in [-0.15, -0.1) is 0 Å². The molecule has 2 heterocycles. The molecule has 0 saturated carbocycles. The number of nitrogens with one attached hydrogen (secondary N) is 1. The number of hydrogen-bond acceptors (Lipinski definition) is 5. The monoisotopic (exact) mass is 502 g/mol. The van der Waals surface area contributed by atoms with Crippen LogP contribution < -0.4 is 10.1 Å². The molecule has 1 aliphatic rings. The highest BCUT2D eigenvalue weighted by Crippen LogP contribution is 2.40. The Labute approximate surface area is 210 Å². The summed E-state index contributed by atoms with van der Waals surface area (Å²) in [5.41, 5.74) is 2.86. The summed E-state index contributed by atoms with van der Waals surface area (Å²) >= 11 is 12.2. The lowest BCUT2D eigenvalue weighted by molar-refractivity contribution is -0.117. The van der Waals surface area contributed by atoms with E-state index in [0.717, 1.165) is 5.56 Å². The minimum atomic E-state index is -1.63. The van der Waals surface area contributed by atoms with E-state index in [0.29, 0.717) is 38.4 Å². The Morgan fingerprint density at radius 1 is 1.03 bits per heavy atom. The molecule has 172 valence electrons. The summed E-state index contributed by atoms with van der Waals surface area (Å²) in [5, 5.41) is 17.8. The van der Waals surface area contributed by atoms with Crippen molar-refractivity contribution in [1.82, 2.24) is 9.78 Å². The highest BCUT2D eigenvalue weighted by atomic mass is 35.5. The number of amides is 1. The summed E-state index contributed by atoms with van der Waals surface area (Å²) in [4.78, 5) is 26.4. The molecule has 0 fully saturated rings. The number of hydrogen-bond donors (Lipinski definition) is 1. The van der Waals surface area contributed by atoms with E-state index in [1.807, 2.05) is 30.3 Å². The third-order valence-corrected chi connectivity index (χ3v) is 6.00. The first-order valence-corrected chi connectivity index (χ1v) is 11.3. The number of rotatable bonds is 5. The summed E-state index contributed by atoms with van der Waals surface area (Å²) in [6.45, 7) is 0.0576. The van der Waals surface area contributed by atoms with Gasteiger partial charge in [-0.1, -0.05) is 47.5 Å². The van der Waals surface area contributed by atoms with Crippen molar-refractivity contribution in [3.8, 4) is 28.8 Å². The Bertz CT molecular complexity index is 1520. The average Bonchev–Trinajstić information content (AvgIpc) is 3.25. The van der Waals surface area contributed by atoms with Crippen LogP contribution in [0.25, 0.3) is 16.9 Å². The van der Waals surface area contributed by atoms with E-state index in [-0.39, 0.29) is 12.3 Å².